The van der Waals surface area contributed by atoms with Crippen LogP contribution in [0, 0.1) is 0 Å². The molecule has 0 radical (unpaired) electrons. The van der Waals surface area contributed by atoms with Crippen molar-refractivity contribution in [2.24, 2.45) is 0 Å². The Kier molecular flexibility index (Phi) is 4.97. The number of nitrogens with one attached hydrogen (secondary N) is 2. The van der Waals surface area contributed by atoms with Gasteiger partial charge in [0.25, 0.3) is 0 Å². The van der Waals surface area contributed by atoms with E-state index >= 15 is 0 Å². The molecule has 1 unspecified atom stereocenters. The van der Waals surface area contributed by atoms with Crippen molar-refractivity contribution in [1.82, 2.24) is 10.8 Å². The third kappa shape index (κ3) is 3.77. The summed E-state index contributed by atoms with van der Waals surface area (Å²) in [7, 11) is 0. The van der Waals surface area contributed by atoms with E-state index < -0.39 is 12.2 Å². The lowest BCUT2D eigenvalue weighted by atomic mass is 10.0. The Hall–Kier alpha value is -1.90. The van der Waals surface area contributed by atoms with E-state index in [2.05, 4.69) is 15.5 Å². The van der Waals surface area contributed by atoms with Crippen molar-refractivity contribution in [3.8, 4) is 11.5 Å². The number of hydroxylamine groups is 1. The summed E-state index contributed by atoms with van der Waals surface area (Å²) in [5.74, 6) is 0.322. The second-order valence-electron chi connectivity index (χ2n) is 6.77. The van der Waals surface area contributed by atoms with Crippen molar-refractivity contribution in [1.29, 1.82) is 0 Å². The SMILES string of the molecule is FC(F)Oc1ccc(C2=CC3(CCOC3)ON2)cc1OC[C@H]1CCCN1. The zero-order chi connectivity index (χ0) is 18.0. The number of hydrogen-bond acceptors (Lipinski definition) is 6. The summed E-state index contributed by atoms with van der Waals surface area (Å²) < 4.78 is 41.2. The zero-order valence-corrected chi connectivity index (χ0v) is 14.3. The van der Waals surface area contributed by atoms with Gasteiger partial charge in [0.05, 0.1) is 12.3 Å². The molecule has 8 heteroatoms. The zero-order valence-electron chi connectivity index (χ0n) is 14.3. The van der Waals surface area contributed by atoms with Gasteiger partial charge in [-0.1, -0.05) is 0 Å². The summed E-state index contributed by atoms with van der Waals surface area (Å²) in [6, 6.07) is 5.13. The molecule has 3 aliphatic heterocycles. The molecule has 0 amide bonds. The lowest BCUT2D eigenvalue weighted by Crippen LogP contribution is -2.29. The minimum atomic E-state index is -2.90. The fraction of sp³-hybridized carbons (Fsp3) is 0.556. The van der Waals surface area contributed by atoms with Crippen molar-refractivity contribution >= 4 is 5.70 Å². The molecule has 26 heavy (non-hydrogen) atoms. The van der Waals surface area contributed by atoms with E-state index in [9.17, 15) is 8.78 Å². The summed E-state index contributed by atoms with van der Waals surface area (Å²) in [6.07, 6.45) is 4.85. The fourth-order valence-electron chi connectivity index (χ4n) is 3.45. The van der Waals surface area contributed by atoms with Crippen molar-refractivity contribution in [2.75, 3.05) is 26.4 Å². The molecule has 3 aliphatic rings. The van der Waals surface area contributed by atoms with Crippen LogP contribution in [-0.2, 0) is 9.57 Å². The molecule has 1 aromatic carbocycles. The Balaban J connectivity index is 1.54. The third-order valence-corrected chi connectivity index (χ3v) is 4.86. The van der Waals surface area contributed by atoms with Crippen LogP contribution in [0.25, 0.3) is 5.70 Å². The molecule has 0 saturated carbocycles. The van der Waals surface area contributed by atoms with Crippen LogP contribution in [0.15, 0.2) is 24.3 Å². The topological polar surface area (TPSA) is 61.0 Å². The minimum absolute atomic E-state index is 0.0279. The van der Waals surface area contributed by atoms with Crippen LogP contribution in [-0.4, -0.2) is 44.6 Å². The maximum atomic E-state index is 12.7. The molecule has 2 N–H and O–H groups in total. The smallest absolute Gasteiger partial charge is 0.387 e. The Morgan fingerprint density at radius 3 is 2.96 bits per heavy atom. The van der Waals surface area contributed by atoms with Crippen LogP contribution in [0.1, 0.15) is 24.8 Å². The number of hydrogen-bond donors (Lipinski definition) is 2. The monoisotopic (exact) mass is 368 g/mol. The van der Waals surface area contributed by atoms with E-state index in [1.54, 1.807) is 12.1 Å². The van der Waals surface area contributed by atoms with Crippen LogP contribution in [0.4, 0.5) is 8.78 Å². The largest absolute Gasteiger partial charge is 0.488 e. The molecule has 1 aromatic rings. The number of rotatable bonds is 6. The van der Waals surface area contributed by atoms with Gasteiger partial charge in [0, 0.05) is 24.6 Å². The average molecular weight is 368 g/mol. The molecule has 6 nitrogen and oxygen atoms in total. The van der Waals surface area contributed by atoms with Gasteiger partial charge in [0.15, 0.2) is 11.5 Å². The molecule has 3 heterocycles. The Bertz CT molecular complexity index is 671. The van der Waals surface area contributed by atoms with E-state index in [0.29, 0.717) is 25.6 Å². The molecule has 0 bridgehead atoms. The molecular formula is C18H22F2N2O4. The second-order valence-corrected chi connectivity index (χ2v) is 6.77. The highest BCUT2D eigenvalue weighted by Gasteiger charge is 2.39. The van der Waals surface area contributed by atoms with E-state index in [-0.39, 0.29) is 11.8 Å². The quantitative estimate of drug-likeness (QED) is 0.804. The predicted molar refractivity (Wildman–Crippen MR) is 90.0 cm³/mol. The normalized spacial score (nSPS) is 27.8. The van der Waals surface area contributed by atoms with E-state index in [1.165, 1.54) is 6.07 Å². The first-order chi connectivity index (χ1) is 12.6. The first-order valence-corrected chi connectivity index (χ1v) is 8.84. The lowest BCUT2D eigenvalue weighted by Gasteiger charge is -2.17. The third-order valence-electron chi connectivity index (χ3n) is 4.86. The molecule has 2 fully saturated rings. The van der Waals surface area contributed by atoms with Gasteiger partial charge in [-0.05, 0) is 43.7 Å². The molecule has 1 spiro atoms. The van der Waals surface area contributed by atoms with Gasteiger partial charge in [-0.3, -0.25) is 10.3 Å². The maximum absolute atomic E-state index is 12.7. The van der Waals surface area contributed by atoms with Crippen molar-refractivity contribution in [2.45, 2.75) is 37.5 Å². The standard InChI is InChI=1S/C18H22F2N2O4/c19-17(20)25-15-4-3-12(8-16(15)24-10-13-2-1-6-21-13)14-9-18(26-22-14)5-7-23-11-18/h3-4,8-9,13,17,21-22H,1-2,5-7,10-11H2/t13-,18?/m1/s1. The van der Waals surface area contributed by atoms with E-state index in [4.69, 9.17) is 14.3 Å². The Labute approximate surface area is 150 Å². The highest BCUT2D eigenvalue weighted by atomic mass is 19.3. The van der Waals surface area contributed by atoms with Gasteiger partial charge in [-0.25, -0.2) is 0 Å². The van der Waals surface area contributed by atoms with Gasteiger partial charge >= 0.3 is 6.61 Å². The van der Waals surface area contributed by atoms with Crippen molar-refractivity contribution in [3.63, 3.8) is 0 Å². The fourth-order valence-corrected chi connectivity index (χ4v) is 3.45. The second kappa shape index (κ2) is 7.38. The first kappa shape index (κ1) is 17.5. The van der Waals surface area contributed by atoms with Crippen LogP contribution in [0.5, 0.6) is 11.5 Å². The van der Waals surface area contributed by atoms with Crippen molar-refractivity contribution < 1.29 is 27.8 Å². The Morgan fingerprint density at radius 2 is 2.23 bits per heavy atom. The van der Waals surface area contributed by atoms with Crippen LogP contribution in [0.3, 0.4) is 0 Å². The van der Waals surface area contributed by atoms with Gasteiger partial charge < -0.3 is 19.5 Å². The lowest BCUT2D eigenvalue weighted by molar-refractivity contribution is -0.0515. The summed E-state index contributed by atoms with van der Waals surface area (Å²) in [6.45, 7) is -0.405. The number of benzene rings is 1. The summed E-state index contributed by atoms with van der Waals surface area (Å²) in [5.41, 5.74) is 4.01. The summed E-state index contributed by atoms with van der Waals surface area (Å²) in [4.78, 5) is 5.67. The van der Waals surface area contributed by atoms with Crippen LogP contribution < -0.4 is 20.3 Å². The molecule has 0 aliphatic carbocycles. The summed E-state index contributed by atoms with van der Waals surface area (Å²) >= 11 is 0. The number of alkyl halides is 2. The Morgan fingerprint density at radius 1 is 1.31 bits per heavy atom. The molecule has 4 rings (SSSR count). The van der Waals surface area contributed by atoms with Crippen LogP contribution in [0.2, 0.25) is 0 Å². The average Bonchev–Trinajstić information content (AvgIpc) is 3.37. The highest BCUT2D eigenvalue weighted by Crippen LogP contribution is 2.36. The van der Waals surface area contributed by atoms with Gasteiger partial charge in [-0.15, -0.1) is 0 Å². The number of ether oxygens (including phenoxy) is 3. The molecule has 2 atom stereocenters. The van der Waals surface area contributed by atoms with Crippen LogP contribution >= 0.6 is 0 Å². The predicted octanol–water partition coefficient (Wildman–Crippen LogP) is 2.45. The number of halogens is 2. The highest BCUT2D eigenvalue weighted by molar-refractivity contribution is 5.68. The molecular weight excluding hydrogens is 346 g/mol. The van der Waals surface area contributed by atoms with E-state index in [1.807, 2.05) is 6.08 Å². The van der Waals surface area contributed by atoms with Gasteiger partial charge in [-0.2, -0.15) is 8.78 Å². The molecule has 0 aromatic heterocycles. The van der Waals surface area contributed by atoms with Gasteiger partial charge in [0.2, 0.25) is 0 Å². The van der Waals surface area contributed by atoms with E-state index in [0.717, 1.165) is 37.1 Å². The molecule has 142 valence electrons. The van der Waals surface area contributed by atoms with Crippen molar-refractivity contribution in [3.05, 3.63) is 29.8 Å². The minimum Gasteiger partial charge on any atom is -0.488 e. The maximum Gasteiger partial charge on any atom is 0.387 e. The molecule has 2 saturated heterocycles. The summed E-state index contributed by atoms with van der Waals surface area (Å²) in [5, 5.41) is 3.32. The first-order valence-electron chi connectivity index (χ1n) is 8.84. The van der Waals surface area contributed by atoms with Gasteiger partial charge in [0.1, 0.15) is 12.2 Å².